The minimum Gasteiger partial charge on any atom is -0.297 e. The molecule has 94 valence electrons. The van der Waals surface area contributed by atoms with Crippen molar-refractivity contribution in [1.82, 2.24) is 14.7 Å². The van der Waals surface area contributed by atoms with Gasteiger partial charge in [-0.2, -0.15) is 9.64 Å². The number of nitrogens with zero attached hydrogens (tertiary/aromatic N) is 3. The summed E-state index contributed by atoms with van der Waals surface area (Å²) in [4.78, 5) is 4.28. The number of aryl methyl sites for hydroxylation is 1. The van der Waals surface area contributed by atoms with Gasteiger partial charge in [0.2, 0.25) is 0 Å². The summed E-state index contributed by atoms with van der Waals surface area (Å²) in [7, 11) is 0. The second-order valence-electron chi connectivity index (χ2n) is 4.45. The fourth-order valence-corrected chi connectivity index (χ4v) is 3.35. The molecule has 4 nitrogen and oxygen atoms in total. The molecule has 0 spiro atoms. The lowest BCUT2D eigenvalue weighted by Crippen LogP contribution is -2.45. The van der Waals surface area contributed by atoms with Crippen LogP contribution in [0.4, 0.5) is 0 Å². The van der Waals surface area contributed by atoms with Crippen LogP contribution in [0.3, 0.4) is 0 Å². The standard InChI is InChI=1S/C11H18N4S2/c1-8(2)14-11(4,7-12)5-6-16-10-13-9(3)15-17-10/h8,14H,5-6H2,1-4H3. The van der Waals surface area contributed by atoms with E-state index < -0.39 is 5.54 Å². The van der Waals surface area contributed by atoms with E-state index >= 15 is 0 Å². The van der Waals surface area contributed by atoms with Gasteiger partial charge in [-0.3, -0.25) is 5.32 Å². The van der Waals surface area contributed by atoms with E-state index in [9.17, 15) is 5.26 Å². The minimum absolute atomic E-state index is 0.313. The van der Waals surface area contributed by atoms with Crippen LogP contribution in [-0.2, 0) is 0 Å². The zero-order chi connectivity index (χ0) is 12.9. The van der Waals surface area contributed by atoms with Crippen LogP contribution in [0.5, 0.6) is 0 Å². The highest BCUT2D eigenvalue weighted by molar-refractivity contribution is 8.00. The molecule has 1 unspecified atom stereocenters. The molecule has 17 heavy (non-hydrogen) atoms. The third-order valence-electron chi connectivity index (χ3n) is 2.19. The van der Waals surface area contributed by atoms with Gasteiger partial charge in [0, 0.05) is 11.8 Å². The maximum atomic E-state index is 9.19. The van der Waals surface area contributed by atoms with Gasteiger partial charge in [-0.15, -0.1) is 0 Å². The molecule has 1 rings (SSSR count). The quantitative estimate of drug-likeness (QED) is 0.805. The van der Waals surface area contributed by atoms with E-state index in [1.165, 1.54) is 11.5 Å². The van der Waals surface area contributed by atoms with Gasteiger partial charge in [0.05, 0.1) is 6.07 Å². The van der Waals surface area contributed by atoms with Gasteiger partial charge >= 0.3 is 0 Å². The maximum absolute atomic E-state index is 9.19. The van der Waals surface area contributed by atoms with Crippen LogP contribution in [0.1, 0.15) is 33.0 Å². The fourth-order valence-electron chi connectivity index (χ4n) is 1.48. The number of hydrogen-bond donors (Lipinski definition) is 1. The van der Waals surface area contributed by atoms with Crippen molar-refractivity contribution in [1.29, 1.82) is 5.26 Å². The maximum Gasteiger partial charge on any atom is 0.170 e. The van der Waals surface area contributed by atoms with Crippen molar-refractivity contribution in [3.8, 4) is 6.07 Å². The van der Waals surface area contributed by atoms with Crippen LogP contribution in [0, 0.1) is 18.3 Å². The molecule has 0 aliphatic carbocycles. The van der Waals surface area contributed by atoms with E-state index in [1.54, 1.807) is 11.8 Å². The lowest BCUT2D eigenvalue weighted by atomic mass is 10.0. The Kier molecular flexibility index (Phi) is 5.37. The molecule has 0 bridgehead atoms. The van der Waals surface area contributed by atoms with Crippen LogP contribution in [0.2, 0.25) is 0 Å². The third-order valence-corrected chi connectivity index (χ3v) is 4.12. The first-order valence-electron chi connectivity index (χ1n) is 5.57. The van der Waals surface area contributed by atoms with Gasteiger partial charge in [-0.1, -0.05) is 11.8 Å². The molecule has 0 radical (unpaired) electrons. The van der Waals surface area contributed by atoms with Crippen molar-refractivity contribution in [2.45, 2.75) is 50.0 Å². The molecular weight excluding hydrogens is 252 g/mol. The Morgan fingerprint density at radius 2 is 2.29 bits per heavy atom. The Morgan fingerprint density at radius 1 is 1.59 bits per heavy atom. The number of rotatable bonds is 6. The average molecular weight is 270 g/mol. The Labute approximate surface area is 111 Å². The van der Waals surface area contributed by atoms with Gasteiger partial charge in [0.25, 0.3) is 0 Å². The SMILES string of the molecule is Cc1nsc(SCCC(C)(C#N)NC(C)C)n1. The minimum atomic E-state index is -0.457. The Bertz CT molecular complexity index is 396. The first-order chi connectivity index (χ1) is 7.95. The second kappa shape index (κ2) is 6.34. The fraction of sp³-hybridized carbons (Fsp3) is 0.727. The number of nitrogens with one attached hydrogen (secondary N) is 1. The average Bonchev–Trinajstić information content (AvgIpc) is 2.63. The van der Waals surface area contributed by atoms with Gasteiger partial charge in [0.1, 0.15) is 11.4 Å². The van der Waals surface area contributed by atoms with Crippen LogP contribution in [0.15, 0.2) is 4.34 Å². The normalized spacial score (nSPS) is 14.6. The molecule has 0 saturated heterocycles. The first-order valence-corrected chi connectivity index (χ1v) is 7.33. The van der Waals surface area contributed by atoms with E-state index in [0.717, 1.165) is 22.3 Å². The van der Waals surface area contributed by atoms with E-state index in [-0.39, 0.29) is 0 Å². The van der Waals surface area contributed by atoms with Crippen LogP contribution in [0.25, 0.3) is 0 Å². The summed E-state index contributed by atoms with van der Waals surface area (Å²) >= 11 is 3.08. The molecule has 0 aromatic carbocycles. The van der Waals surface area contributed by atoms with Crippen LogP contribution >= 0.6 is 23.3 Å². The van der Waals surface area contributed by atoms with Gasteiger partial charge in [-0.05, 0) is 45.6 Å². The van der Waals surface area contributed by atoms with Gasteiger partial charge in [-0.25, -0.2) is 4.98 Å². The molecule has 1 aromatic heterocycles. The summed E-state index contributed by atoms with van der Waals surface area (Å²) in [5, 5.41) is 12.5. The molecule has 0 saturated carbocycles. The number of hydrogen-bond acceptors (Lipinski definition) is 6. The molecule has 6 heteroatoms. The van der Waals surface area contributed by atoms with Crippen molar-refractivity contribution in [2.75, 3.05) is 5.75 Å². The number of aromatic nitrogens is 2. The molecule has 0 aliphatic rings. The zero-order valence-corrected chi connectivity index (χ0v) is 12.3. The summed E-state index contributed by atoms with van der Waals surface area (Å²) in [6, 6.07) is 2.66. The lowest BCUT2D eigenvalue weighted by molar-refractivity contribution is 0.397. The van der Waals surface area contributed by atoms with E-state index in [4.69, 9.17) is 0 Å². The smallest absolute Gasteiger partial charge is 0.170 e. The van der Waals surface area contributed by atoms with Gasteiger partial charge in [0.15, 0.2) is 4.34 Å². The number of nitriles is 1. The third kappa shape index (κ3) is 5.02. The van der Waals surface area contributed by atoms with E-state index in [1.807, 2.05) is 13.8 Å². The highest BCUT2D eigenvalue weighted by Gasteiger charge is 2.23. The molecule has 0 amide bonds. The molecule has 0 fully saturated rings. The highest BCUT2D eigenvalue weighted by atomic mass is 32.2. The summed E-state index contributed by atoms with van der Waals surface area (Å²) in [5.74, 6) is 1.69. The zero-order valence-electron chi connectivity index (χ0n) is 10.6. The second-order valence-corrected chi connectivity index (χ2v) is 6.54. The molecule has 1 atom stereocenters. The van der Waals surface area contributed by atoms with Crippen molar-refractivity contribution >= 4 is 23.3 Å². The first kappa shape index (κ1) is 14.4. The van der Waals surface area contributed by atoms with E-state index in [2.05, 4.69) is 34.6 Å². The van der Waals surface area contributed by atoms with Crippen molar-refractivity contribution in [2.24, 2.45) is 0 Å². The van der Waals surface area contributed by atoms with E-state index in [0.29, 0.717) is 6.04 Å². The highest BCUT2D eigenvalue weighted by Crippen LogP contribution is 2.23. The Morgan fingerprint density at radius 3 is 2.76 bits per heavy atom. The molecule has 0 aliphatic heterocycles. The predicted molar refractivity (Wildman–Crippen MR) is 72.3 cm³/mol. The summed E-state index contributed by atoms with van der Waals surface area (Å²) in [6.45, 7) is 7.94. The number of thioether (sulfide) groups is 1. The van der Waals surface area contributed by atoms with Crippen molar-refractivity contribution < 1.29 is 0 Å². The molecule has 1 aromatic rings. The largest absolute Gasteiger partial charge is 0.297 e. The summed E-state index contributed by atoms with van der Waals surface area (Å²) in [6.07, 6.45) is 0.797. The summed E-state index contributed by atoms with van der Waals surface area (Å²) in [5.41, 5.74) is -0.457. The van der Waals surface area contributed by atoms with Crippen molar-refractivity contribution in [3.05, 3.63) is 5.82 Å². The Hall–Kier alpha value is -0.640. The predicted octanol–water partition coefficient (Wildman–Crippen LogP) is 2.61. The van der Waals surface area contributed by atoms with Crippen molar-refractivity contribution in [3.63, 3.8) is 0 Å². The Balaban J connectivity index is 2.41. The van der Waals surface area contributed by atoms with Crippen LogP contribution in [-0.4, -0.2) is 26.7 Å². The lowest BCUT2D eigenvalue weighted by Gasteiger charge is -2.25. The topological polar surface area (TPSA) is 61.6 Å². The molecule has 1 N–H and O–H groups in total. The van der Waals surface area contributed by atoms with Gasteiger partial charge < -0.3 is 0 Å². The summed E-state index contributed by atoms with van der Waals surface area (Å²) < 4.78 is 5.11. The molecule has 1 heterocycles. The molecular formula is C11H18N4S2. The monoisotopic (exact) mass is 270 g/mol. The van der Waals surface area contributed by atoms with Crippen LogP contribution < -0.4 is 5.32 Å².